The normalized spacial score (nSPS) is 16.8. The van der Waals surface area contributed by atoms with E-state index < -0.39 is 11.9 Å². The first kappa shape index (κ1) is 19.4. The summed E-state index contributed by atoms with van der Waals surface area (Å²) < 4.78 is 16.5. The van der Waals surface area contributed by atoms with Crippen LogP contribution in [0, 0.1) is 11.3 Å². The standard InChI is InChI=1S/C20H24N2O4/c1-4-6-11-25-16-10-8-7-9-14(16)18-15(12-21)19(22)26-13(3)17(18)20(23)24-5-2/h7-10,18H,4-6,11,22H2,1-3H3/t18-/m0/s1. The number of carbonyl (C=O) groups is 1. The first-order valence-electron chi connectivity index (χ1n) is 8.72. The van der Waals surface area contributed by atoms with Gasteiger partial charge in [0, 0.05) is 5.56 Å². The molecule has 0 spiro atoms. The summed E-state index contributed by atoms with van der Waals surface area (Å²) in [5.74, 6) is -0.285. The lowest BCUT2D eigenvalue weighted by atomic mass is 9.82. The van der Waals surface area contributed by atoms with E-state index in [0.717, 1.165) is 12.8 Å². The highest BCUT2D eigenvalue weighted by Gasteiger charge is 2.37. The van der Waals surface area contributed by atoms with Gasteiger partial charge in [0.2, 0.25) is 5.88 Å². The van der Waals surface area contributed by atoms with Crippen LogP contribution in [-0.2, 0) is 14.3 Å². The maximum absolute atomic E-state index is 12.6. The van der Waals surface area contributed by atoms with Crippen LogP contribution in [0.25, 0.3) is 0 Å². The molecule has 1 aliphatic rings. The minimum absolute atomic E-state index is 0.00795. The SMILES string of the molecule is CCCCOc1ccccc1[C@H]1C(C#N)=C(N)OC(C)=C1C(=O)OCC. The third-order valence-corrected chi connectivity index (χ3v) is 4.09. The zero-order valence-electron chi connectivity index (χ0n) is 15.4. The molecule has 1 aromatic carbocycles. The van der Waals surface area contributed by atoms with Crippen LogP contribution in [0.2, 0.25) is 0 Å². The largest absolute Gasteiger partial charge is 0.493 e. The Bertz CT molecular complexity index is 774. The number of carbonyl (C=O) groups excluding carboxylic acids is 1. The molecule has 0 fully saturated rings. The van der Waals surface area contributed by atoms with Crippen molar-refractivity contribution in [2.75, 3.05) is 13.2 Å². The summed E-state index contributed by atoms with van der Waals surface area (Å²) in [6.07, 6.45) is 1.91. The van der Waals surface area contributed by atoms with Gasteiger partial charge < -0.3 is 19.9 Å². The molecular weight excluding hydrogens is 332 g/mol. The van der Waals surface area contributed by atoms with Crippen LogP contribution in [-0.4, -0.2) is 19.2 Å². The molecule has 0 amide bonds. The molecule has 1 aliphatic heterocycles. The molecular formula is C20H24N2O4. The number of hydrogen-bond donors (Lipinski definition) is 1. The fourth-order valence-corrected chi connectivity index (χ4v) is 2.84. The van der Waals surface area contributed by atoms with E-state index in [1.807, 2.05) is 24.3 Å². The third kappa shape index (κ3) is 3.99. The Hall–Kier alpha value is -2.94. The van der Waals surface area contributed by atoms with Gasteiger partial charge >= 0.3 is 5.97 Å². The zero-order chi connectivity index (χ0) is 19.1. The Labute approximate surface area is 153 Å². The molecule has 2 rings (SSSR count). The Morgan fingerprint density at radius 1 is 1.35 bits per heavy atom. The summed E-state index contributed by atoms with van der Waals surface area (Å²) in [7, 11) is 0. The fraction of sp³-hybridized carbons (Fsp3) is 0.400. The van der Waals surface area contributed by atoms with E-state index in [1.54, 1.807) is 13.8 Å². The van der Waals surface area contributed by atoms with Gasteiger partial charge in [-0.25, -0.2) is 4.79 Å². The Kier molecular flexibility index (Phi) is 6.67. The van der Waals surface area contributed by atoms with Gasteiger partial charge in [-0.2, -0.15) is 5.26 Å². The Morgan fingerprint density at radius 3 is 2.73 bits per heavy atom. The van der Waals surface area contributed by atoms with Crippen molar-refractivity contribution < 1.29 is 19.0 Å². The van der Waals surface area contributed by atoms with Crippen LogP contribution < -0.4 is 10.5 Å². The van der Waals surface area contributed by atoms with Crippen molar-refractivity contribution in [3.05, 3.63) is 52.6 Å². The number of unbranched alkanes of at least 4 members (excludes halogenated alkanes) is 1. The smallest absolute Gasteiger partial charge is 0.338 e. The minimum atomic E-state index is -0.689. The topological polar surface area (TPSA) is 94.6 Å². The lowest BCUT2D eigenvalue weighted by Crippen LogP contribution is -2.26. The van der Waals surface area contributed by atoms with Gasteiger partial charge in [-0.05, 0) is 26.3 Å². The molecule has 6 nitrogen and oxygen atoms in total. The number of nitriles is 1. The number of esters is 1. The number of ether oxygens (including phenoxy) is 3. The molecule has 0 saturated carbocycles. The summed E-state index contributed by atoms with van der Waals surface area (Å²) in [4.78, 5) is 12.6. The predicted molar refractivity (Wildman–Crippen MR) is 96.8 cm³/mol. The number of nitrogens with zero attached hydrogens (tertiary/aromatic N) is 1. The number of allylic oxidation sites excluding steroid dienone is 2. The van der Waals surface area contributed by atoms with Crippen LogP contribution in [0.15, 0.2) is 47.1 Å². The molecule has 0 aromatic heterocycles. The van der Waals surface area contributed by atoms with Crippen LogP contribution in [0.1, 0.15) is 45.1 Å². The average molecular weight is 356 g/mol. The van der Waals surface area contributed by atoms with Gasteiger partial charge in [-0.15, -0.1) is 0 Å². The van der Waals surface area contributed by atoms with Gasteiger partial charge in [-0.1, -0.05) is 31.5 Å². The van der Waals surface area contributed by atoms with E-state index in [-0.39, 0.29) is 23.6 Å². The quantitative estimate of drug-likeness (QED) is 0.593. The second-order valence-electron chi connectivity index (χ2n) is 5.85. The third-order valence-electron chi connectivity index (χ3n) is 4.09. The van der Waals surface area contributed by atoms with E-state index >= 15 is 0 Å². The molecule has 26 heavy (non-hydrogen) atoms. The molecule has 0 saturated heterocycles. The van der Waals surface area contributed by atoms with Crippen LogP contribution in [0.3, 0.4) is 0 Å². The van der Waals surface area contributed by atoms with Crippen LogP contribution >= 0.6 is 0 Å². The van der Waals surface area contributed by atoms with E-state index in [0.29, 0.717) is 23.7 Å². The Balaban J connectivity index is 2.56. The summed E-state index contributed by atoms with van der Waals surface area (Å²) in [5, 5.41) is 9.63. The molecule has 0 bridgehead atoms. The lowest BCUT2D eigenvalue weighted by Gasteiger charge is -2.28. The van der Waals surface area contributed by atoms with E-state index in [4.69, 9.17) is 19.9 Å². The molecule has 1 atom stereocenters. The molecule has 1 aromatic rings. The number of nitrogens with two attached hydrogens (primary N) is 1. The first-order chi connectivity index (χ1) is 12.5. The Morgan fingerprint density at radius 2 is 2.08 bits per heavy atom. The molecule has 2 N–H and O–H groups in total. The van der Waals surface area contributed by atoms with Gasteiger partial charge in [-0.3, -0.25) is 0 Å². The van der Waals surface area contributed by atoms with Crippen molar-refractivity contribution in [3.8, 4) is 11.8 Å². The highest BCUT2D eigenvalue weighted by molar-refractivity contribution is 5.92. The average Bonchev–Trinajstić information content (AvgIpc) is 2.62. The molecule has 138 valence electrons. The van der Waals surface area contributed by atoms with Gasteiger partial charge in [0.05, 0.1) is 24.7 Å². The van der Waals surface area contributed by atoms with Crippen LogP contribution in [0.4, 0.5) is 0 Å². The van der Waals surface area contributed by atoms with E-state index in [1.165, 1.54) is 0 Å². The first-order valence-corrected chi connectivity index (χ1v) is 8.72. The highest BCUT2D eigenvalue weighted by atomic mass is 16.5. The second kappa shape index (κ2) is 8.95. The van der Waals surface area contributed by atoms with Crippen molar-refractivity contribution in [1.29, 1.82) is 5.26 Å². The van der Waals surface area contributed by atoms with E-state index in [2.05, 4.69) is 13.0 Å². The zero-order valence-corrected chi connectivity index (χ0v) is 15.4. The molecule has 0 unspecified atom stereocenters. The van der Waals surface area contributed by atoms with Crippen molar-refractivity contribution in [3.63, 3.8) is 0 Å². The molecule has 1 heterocycles. The van der Waals surface area contributed by atoms with Crippen molar-refractivity contribution >= 4 is 5.97 Å². The van der Waals surface area contributed by atoms with Gasteiger partial charge in [0.1, 0.15) is 23.2 Å². The summed E-state index contributed by atoms with van der Waals surface area (Å²) in [5.41, 5.74) is 7.05. The molecule has 6 heteroatoms. The maximum atomic E-state index is 12.6. The van der Waals surface area contributed by atoms with Crippen LogP contribution in [0.5, 0.6) is 5.75 Å². The van der Waals surface area contributed by atoms with Crippen molar-refractivity contribution in [2.45, 2.75) is 39.5 Å². The fourth-order valence-electron chi connectivity index (χ4n) is 2.84. The van der Waals surface area contributed by atoms with Crippen molar-refractivity contribution in [1.82, 2.24) is 0 Å². The number of para-hydroxylation sites is 1. The van der Waals surface area contributed by atoms with Gasteiger partial charge in [0.25, 0.3) is 0 Å². The number of rotatable bonds is 7. The maximum Gasteiger partial charge on any atom is 0.338 e. The second-order valence-corrected chi connectivity index (χ2v) is 5.85. The minimum Gasteiger partial charge on any atom is -0.493 e. The lowest BCUT2D eigenvalue weighted by molar-refractivity contribution is -0.139. The number of hydrogen-bond acceptors (Lipinski definition) is 6. The number of benzene rings is 1. The molecule has 0 radical (unpaired) electrons. The van der Waals surface area contributed by atoms with E-state index in [9.17, 15) is 10.1 Å². The summed E-state index contributed by atoms with van der Waals surface area (Å²) in [6, 6.07) is 9.41. The predicted octanol–water partition coefficient (Wildman–Crippen LogP) is 3.51. The van der Waals surface area contributed by atoms with Crippen molar-refractivity contribution in [2.24, 2.45) is 5.73 Å². The monoisotopic (exact) mass is 356 g/mol. The molecule has 0 aliphatic carbocycles. The highest BCUT2D eigenvalue weighted by Crippen LogP contribution is 2.42. The summed E-state index contributed by atoms with van der Waals surface area (Å²) >= 11 is 0. The van der Waals surface area contributed by atoms with Gasteiger partial charge in [0.15, 0.2) is 0 Å². The summed E-state index contributed by atoms with van der Waals surface area (Å²) in [6.45, 7) is 6.22.